The Labute approximate surface area is 114 Å². The summed E-state index contributed by atoms with van der Waals surface area (Å²) < 4.78 is 0. The van der Waals surface area contributed by atoms with Crippen LogP contribution in [0.25, 0.3) is 0 Å². The maximum absolute atomic E-state index is 12.6. The number of nitrogens with zero attached hydrogens (tertiary/aromatic N) is 1. The average molecular weight is 275 g/mol. The molecule has 1 aliphatic carbocycles. The van der Waals surface area contributed by atoms with Crippen LogP contribution >= 0.6 is 12.4 Å². The van der Waals surface area contributed by atoms with Gasteiger partial charge in [0.2, 0.25) is 5.91 Å². The zero-order chi connectivity index (χ0) is 12.0. The summed E-state index contributed by atoms with van der Waals surface area (Å²) in [6.07, 6.45) is 7.20. The molecule has 3 aliphatic rings. The minimum absolute atomic E-state index is 0. The first kappa shape index (κ1) is 14.1. The van der Waals surface area contributed by atoms with Crippen molar-refractivity contribution in [3.8, 4) is 0 Å². The molecule has 2 heterocycles. The van der Waals surface area contributed by atoms with Crippen LogP contribution in [0.2, 0.25) is 0 Å². The van der Waals surface area contributed by atoms with E-state index in [2.05, 4.69) is 0 Å². The van der Waals surface area contributed by atoms with E-state index in [-0.39, 0.29) is 36.5 Å². The summed E-state index contributed by atoms with van der Waals surface area (Å²) in [7, 11) is 0. The van der Waals surface area contributed by atoms with Crippen molar-refractivity contribution >= 4 is 18.3 Å². The third-order valence-corrected chi connectivity index (χ3v) is 4.86. The zero-order valence-electron chi connectivity index (χ0n) is 10.7. The van der Waals surface area contributed by atoms with Gasteiger partial charge >= 0.3 is 0 Å². The highest BCUT2D eigenvalue weighted by Crippen LogP contribution is 2.39. The summed E-state index contributed by atoms with van der Waals surface area (Å²) in [5.41, 5.74) is 5.67. The molecule has 3 rings (SSSR count). The zero-order valence-corrected chi connectivity index (χ0v) is 11.5. The van der Waals surface area contributed by atoms with Gasteiger partial charge in [-0.15, -0.1) is 12.4 Å². The Hall–Kier alpha value is -0.320. The molecular formula is C13H23ClN2O2. The van der Waals surface area contributed by atoms with E-state index in [1.54, 1.807) is 0 Å². The van der Waals surface area contributed by atoms with Crippen molar-refractivity contribution in [3.05, 3.63) is 0 Å². The normalized spacial score (nSPS) is 37.4. The average Bonchev–Trinajstić information content (AvgIpc) is 2.82. The number of hydrogen-bond donors (Lipinski definition) is 2. The van der Waals surface area contributed by atoms with Crippen LogP contribution in [0, 0.1) is 0 Å². The van der Waals surface area contributed by atoms with Crippen LogP contribution in [0.1, 0.15) is 51.4 Å². The Morgan fingerprint density at radius 3 is 2.17 bits per heavy atom. The Kier molecular flexibility index (Phi) is 3.90. The minimum Gasteiger partial charge on any atom is -0.393 e. The van der Waals surface area contributed by atoms with Crippen LogP contribution < -0.4 is 5.73 Å². The van der Waals surface area contributed by atoms with Crippen LogP contribution in [0.5, 0.6) is 0 Å². The molecule has 5 heteroatoms. The maximum Gasteiger partial charge on any atom is 0.243 e. The van der Waals surface area contributed by atoms with Crippen molar-refractivity contribution in [1.29, 1.82) is 0 Å². The molecule has 2 aliphatic heterocycles. The first-order valence-electron chi connectivity index (χ1n) is 6.90. The second-order valence-corrected chi connectivity index (χ2v) is 6.09. The van der Waals surface area contributed by atoms with Crippen LogP contribution in [-0.4, -0.2) is 39.6 Å². The van der Waals surface area contributed by atoms with Gasteiger partial charge in [-0.05, 0) is 38.5 Å². The van der Waals surface area contributed by atoms with Crippen molar-refractivity contribution in [2.24, 2.45) is 5.73 Å². The molecule has 0 aromatic heterocycles. The van der Waals surface area contributed by atoms with Gasteiger partial charge in [0.05, 0.1) is 11.6 Å². The summed E-state index contributed by atoms with van der Waals surface area (Å²) in [5, 5.41) is 9.75. The molecule has 2 bridgehead atoms. The molecule has 3 fully saturated rings. The second-order valence-electron chi connectivity index (χ2n) is 6.09. The third kappa shape index (κ3) is 2.15. The van der Waals surface area contributed by atoms with Crippen molar-refractivity contribution in [2.45, 2.75) is 75.1 Å². The van der Waals surface area contributed by atoms with E-state index in [0.717, 1.165) is 51.4 Å². The second kappa shape index (κ2) is 4.99. The third-order valence-electron chi connectivity index (χ3n) is 4.86. The first-order chi connectivity index (χ1) is 8.10. The predicted molar refractivity (Wildman–Crippen MR) is 71.5 cm³/mol. The van der Waals surface area contributed by atoms with Crippen LogP contribution in [0.15, 0.2) is 0 Å². The smallest absolute Gasteiger partial charge is 0.243 e. The summed E-state index contributed by atoms with van der Waals surface area (Å²) in [6, 6.07) is 0.495. The van der Waals surface area contributed by atoms with E-state index in [1.165, 1.54) is 0 Å². The topological polar surface area (TPSA) is 66.6 Å². The lowest BCUT2D eigenvalue weighted by molar-refractivity contribution is -0.143. The summed E-state index contributed by atoms with van der Waals surface area (Å²) >= 11 is 0. The van der Waals surface area contributed by atoms with Gasteiger partial charge in [-0.2, -0.15) is 0 Å². The highest BCUT2D eigenvalue weighted by atomic mass is 35.5. The van der Waals surface area contributed by atoms with Gasteiger partial charge in [0.25, 0.3) is 0 Å². The van der Waals surface area contributed by atoms with Crippen molar-refractivity contribution in [1.82, 2.24) is 4.90 Å². The highest BCUT2D eigenvalue weighted by molar-refractivity contribution is 5.87. The number of aliphatic hydroxyl groups is 1. The number of carbonyl (C=O) groups excluding carboxylic acids is 1. The molecule has 4 nitrogen and oxygen atoms in total. The van der Waals surface area contributed by atoms with E-state index in [0.29, 0.717) is 0 Å². The van der Waals surface area contributed by atoms with Gasteiger partial charge in [0.1, 0.15) is 0 Å². The minimum atomic E-state index is -0.594. The van der Waals surface area contributed by atoms with Gasteiger partial charge in [0, 0.05) is 12.1 Å². The summed E-state index contributed by atoms with van der Waals surface area (Å²) in [5.74, 6) is 0.161. The van der Waals surface area contributed by atoms with Gasteiger partial charge in [0.15, 0.2) is 0 Å². The molecule has 1 amide bonds. The van der Waals surface area contributed by atoms with Crippen molar-refractivity contribution < 1.29 is 9.90 Å². The Balaban J connectivity index is 0.00000120. The number of carbonyl (C=O) groups is 1. The van der Waals surface area contributed by atoms with Gasteiger partial charge in [-0.1, -0.05) is 12.8 Å². The monoisotopic (exact) mass is 274 g/mol. The molecule has 0 spiro atoms. The molecular weight excluding hydrogens is 252 g/mol. The van der Waals surface area contributed by atoms with E-state index < -0.39 is 5.54 Å². The molecule has 2 saturated heterocycles. The number of hydrogen-bond acceptors (Lipinski definition) is 3. The molecule has 3 N–H and O–H groups in total. The lowest BCUT2D eigenvalue weighted by Gasteiger charge is -2.41. The Morgan fingerprint density at radius 1 is 1.17 bits per heavy atom. The van der Waals surface area contributed by atoms with Gasteiger partial charge in [-0.3, -0.25) is 4.79 Å². The fraction of sp³-hybridized carbons (Fsp3) is 0.923. The lowest BCUT2D eigenvalue weighted by atomic mass is 9.92. The number of amides is 1. The molecule has 0 aromatic rings. The van der Waals surface area contributed by atoms with Gasteiger partial charge in [-0.25, -0.2) is 0 Å². The quantitative estimate of drug-likeness (QED) is 0.755. The molecule has 18 heavy (non-hydrogen) atoms. The number of rotatable bonds is 1. The number of nitrogens with two attached hydrogens (primary N) is 1. The molecule has 1 saturated carbocycles. The largest absolute Gasteiger partial charge is 0.393 e. The molecule has 0 aromatic carbocycles. The number of aliphatic hydroxyl groups excluding tert-OH is 1. The van der Waals surface area contributed by atoms with Crippen LogP contribution in [-0.2, 0) is 4.79 Å². The Bertz CT molecular complexity index is 317. The number of piperidine rings is 1. The summed E-state index contributed by atoms with van der Waals surface area (Å²) in [4.78, 5) is 14.6. The van der Waals surface area contributed by atoms with E-state index in [4.69, 9.17) is 5.73 Å². The fourth-order valence-corrected chi connectivity index (χ4v) is 3.96. The molecule has 2 atom stereocenters. The lowest BCUT2D eigenvalue weighted by Crippen LogP contribution is -2.59. The van der Waals surface area contributed by atoms with Crippen molar-refractivity contribution in [2.75, 3.05) is 0 Å². The maximum atomic E-state index is 12.6. The Morgan fingerprint density at radius 2 is 1.67 bits per heavy atom. The SMILES string of the molecule is Cl.NC1(C(=O)N2C3CCC2CC(O)C3)CCCC1. The highest BCUT2D eigenvalue weighted by Gasteiger charge is 2.49. The summed E-state index contributed by atoms with van der Waals surface area (Å²) in [6.45, 7) is 0. The predicted octanol–water partition coefficient (Wildman–Crippen LogP) is 1.19. The number of halogens is 1. The molecule has 104 valence electrons. The molecule has 2 unspecified atom stereocenters. The number of fused-ring (bicyclic) bond motifs is 2. The van der Waals surface area contributed by atoms with Crippen LogP contribution in [0.4, 0.5) is 0 Å². The fourth-order valence-electron chi connectivity index (χ4n) is 3.96. The molecule has 0 radical (unpaired) electrons. The van der Waals surface area contributed by atoms with E-state index in [9.17, 15) is 9.90 Å². The van der Waals surface area contributed by atoms with Gasteiger partial charge < -0.3 is 15.7 Å². The van der Waals surface area contributed by atoms with E-state index >= 15 is 0 Å². The van der Waals surface area contributed by atoms with E-state index in [1.807, 2.05) is 4.90 Å². The standard InChI is InChI=1S/C13H22N2O2.ClH/c14-13(5-1-2-6-13)12(17)15-9-3-4-10(15)8-11(16)7-9;/h9-11,16H,1-8,14H2;1H. The van der Waals surface area contributed by atoms with Crippen LogP contribution in [0.3, 0.4) is 0 Å². The first-order valence-corrected chi connectivity index (χ1v) is 6.90. The van der Waals surface area contributed by atoms with Crippen molar-refractivity contribution in [3.63, 3.8) is 0 Å².